The largest absolute Gasteiger partial charge is 0.322 e. The number of nitrogens with zero attached hydrogens (tertiary/aromatic N) is 2. The van der Waals surface area contributed by atoms with Crippen LogP contribution < -0.4 is 10.2 Å². The molecule has 1 fully saturated rings. The van der Waals surface area contributed by atoms with Gasteiger partial charge in [-0.05, 0) is 53.9 Å². The van der Waals surface area contributed by atoms with Crippen LogP contribution in [0.3, 0.4) is 0 Å². The van der Waals surface area contributed by atoms with Gasteiger partial charge in [0.1, 0.15) is 0 Å². The molecule has 4 rings (SSSR count). The molecule has 6 heteroatoms. The molecule has 0 saturated carbocycles. The molecule has 0 aliphatic carbocycles. The molecule has 0 radical (unpaired) electrons. The number of carbonyl (C=O) groups excluding carboxylic acids is 2. The smallest absolute Gasteiger partial charge is 0.255 e. The minimum atomic E-state index is -0.487. The van der Waals surface area contributed by atoms with Crippen LogP contribution in [-0.4, -0.2) is 18.4 Å². The van der Waals surface area contributed by atoms with Gasteiger partial charge in [0, 0.05) is 34.9 Å². The second-order valence-electron chi connectivity index (χ2n) is 7.36. The molecule has 0 unspecified atom stereocenters. The van der Waals surface area contributed by atoms with E-state index in [9.17, 15) is 14.9 Å². The van der Waals surface area contributed by atoms with Crippen LogP contribution in [0, 0.1) is 11.3 Å². The normalized spacial score (nSPS) is 14.2. The second-order valence-corrected chi connectivity index (χ2v) is 7.77. The fourth-order valence-corrected chi connectivity index (χ4v) is 4.01. The lowest BCUT2D eigenvalue weighted by atomic mass is 9.92. The highest BCUT2D eigenvalue weighted by Gasteiger charge is 2.22. The summed E-state index contributed by atoms with van der Waals surface area (Å²) in [6, 6.07) is 23.9. The summed E-state index contributed by atoms with van der Waals surface area (Å²) >= 11 is 6.45. The molecule has 2 amide bonds. The van der Waals surface area contributed by atoms with Crippen LogP contribution in [0.4, 0.5) is 11.4 Å². The van der Waals surface area contributed by atoms with Crippen LogP contribution in [0.15, 0.2) is 72.8 Å². The van der Waals surface area contributed by atoms with Crippen molar-refractivity contribution >= 4 is 34.8 Å². The molecule has 1 aliphatic heterocycles. The van der Waals surface area contributed by atoms with E-state index in [1.165, 1.54) is 0 Å². The van der Waals surface area contributed by atoms with Gasteiger partial charge in [-0.2, -0.15) is 5.26 Å². The summed E-state index contributed by atoms with van der Waals surface area (Å²) in [7, 11) is 0. The van der Waals surface area contributed by atoms with E-state index in [1.807, 2.05) is 30.3 Å². The molecule has 1 aliphatic rings. The number of halogens is 1. The van der Waals surface area contributed by atoms with E-state index in [1.54, 1.807) is 47.4 Å². The summed E-state index contributed by atoms with van der Waals surface area (Å²) in [5.41, 5.74) is 3.38. The molecule has 31 heavy (non-hydrogen) atoms. The van der Waals surface area contributed by atoms with Crippen molar-refractivity contribution in [1.82, 2.24) is 0 Å². The first-order valence-corrected chi connectivity index (χ1v) is 10.4. The average molecular weight is 430 g/mol. The maximum absolute atomic E-state index is 12.6. The van der Waals surface area contributed by atoms with Crippen molar-refractivity contribution in [3.05, 3.63) is 94.5 Å². The van der Waals surface area contributed by atoms with Gasteiger partial charge in [0.15, 0.2) is 0 Å². The fraction of sp³-hybridized carbons (Fsp3) is 0.160. The third-order valence-corrected chi connectivity index (χ3v) is 5.67. The third kappa shape index (κ3) is 4.45. The van der Waals surface area contributed by atoms with Gasteiger partial charge < -0.3 is 10.2 Å². The number of nitriles is 1. The van der Waals surface area contributed by atoms with E-state index < -0.39 is 5.92 Å². The Morgan fingerprint density at radius 2 is 1.81 bits per heavy atom. The molecule has 1 atom stereocenters. The Labute approximate surface area is 185 Å². The predicted octanol–water partition coefficient (Wildman–Crippen LogP) is 5.37. The Balaban J connectivity index is 1.48. The summed E-state index contributed by atoms with van der Waals surface area (Å²) in [5.74, 6) is -0.652. The van der Waals surface area contributed by atoms with Gasteiger partial charge >= 0.3 is 0 Å². The lowest BCUT2D eigenvalue weighted by Crippen LogP contribution is -2.23. The molecule has 1 heterocycles. The standard InChI is InChI=1S/C25H20ClN3O2/c26-23-15-19(10-13-21(23)22(16-27)17-5-2-1-3-6-17)28-25(31)18-8-11-20(12-9-18)29-14-4-7-24(29)30/h1-3,5-6,8-13,15,22H,4,7,14H2,(H,28,31)/t22-/m0/s1. The number of rotatable bonds is 5. The first kappa shape index (κ1) is 20.6. The van der Waals surface area contributed by atoms with Gasteiger partial charge in [-0.3, -0.25) is 9.59 Å². The molecule has 3 aromatic carbocycles. The highest BCUT2D eigenvalue weighted by molar-refractivity contribution is 6.32. The van der Waals surface area contributed by atoms with E-state index >= 15 is 0 Å². The summed E-state index contributed by atoms with van der Waals surface area (Å²) in [4.78, 5) is 26.2. The zero-order valence-corrected chi connectivity index (χ0v) is 17.5. The average Bonchev–Trinajstić information content (AvgIpc) is 3.22. The highest BCUT2D eigenvalue weighted by atomic mass is 35.5. The second kappa shape index (κ2) is 9.03. The zero-order valence-electron chi connectivity index (χ0n) is 16.7. The van der Waals surface area contributed by atoms with Crippen LogP contribution in [0.2, 0.25) is 5.02 Å². The van der Waals surface area contributed by atoms with Crippen molar-refractivity contribution in [1.29, 1.82) is 5.26 Å². The highest BCUT2D eigenvalue weighted by Crippen LogP contribution is 2.32. The van der Waals surface area contributed by atoms with Gasteiger partial charge in [0.25, 0.3) is 5.91 Å². The van der Waals surface area contributed by atoms with Crippen molar-refractivity contribution in [3.8, 4) is 6.07 Å². The SMILES string of the molecule is N#C[C@@H](c1ccccc1)c1ccc(NC(=O)c2ccc(N3CCCC3=O)cc2)cc1Cl. The summed E-state index contributed by atoms with van der Waals surface area (Å²) in [6.45, 7) is 0.710. The van der Waals surface area contributed by atoms with Crippen LogP contribution in [-0.2, 0) is 4.79 Å². The fourth-order valence-electron chi connectivity index (χ4n) is 3.73. The number of amides is 2. The van der Waals surface area contributed by atoms with E-state index in [4.69, 9.17) is 11.6 Å². The topological polar surface area (TPSA) is 73.2 Å². The Morgan fingerprint density at radius 1 is 1.06 bits per heavy atom. The minimum absolute atomic E-state index is 0.109. The first-order valence-electron chi connectivity index (χ1n) is 10.0. The zero-order chi connectivity index (χ0) is 21.8. The van der Waals surface area contributed by atoms with Crippen molar-refractivity contribution in [2.24, 2.45) is 0 Å². The lowest BCUT2D eigenvalue weighted by Gasteiger charge is -2.16. The molecule has 0 spiro atoms. The summed E-state index contributed by atoms with van der Waals surface area (Å²) < 4.78 is 0. The van der Waals surface area contributed by atoms with Gasteiger partial charge in [-0.15, -0.1) is 0 Å². The molecule has 0 aromatic heterocycles. The van der Waals surface area contributed by atoms with Crippen molar-refractivity contribution in [2.75, 3.05) is 16.8 Å². The molecule has 1 N–H and O–H groups in total. The van der Waals surface area contributed by atoms with Gasteiger partial charge in [-0.25, -0.2) is 0 Å². The van der Waals surface area contributed by atoms with E-state index in [0.717, 1.165) is 17.7 Å². The van der Waals surface area contributed by atoms with E-state index in [2.05, 4.69) is 11.4 Å². The summed E-state index contributed by atoms with van der Waals surface area (Å²) in [6.07, 6.45) is 1.42. The van der Waals surface area contributed by atoms with Crippen molar-refractivity contribution in [3.63, 3.8) is 0 Å². The Kier molecular flexibility index (Phi) is 6.01. The van der Waals surface area contributed by atoms with Gasteiger partial charge in [0.05, 0.1) is 12.0 Å². The van der Waals surface area contributed by atoms with Crippen molar-refractivity contribution in [2.45, 2.75) is 18.8 Å². The monoisotopic (exact) mass is 429 g/mol. The number of anilines is 2. The first-order chi connectivity index (χ1) is 15.1. The Bertz CT molecular complexity index is 1150. The molecule has 3 aromatic rings. The number of hydrogen-bond donors (Lipinski definition) is 1. The maximum Gasteiger partial charge on any atom is 0.255 e. The van der Waals surface area contributed by atoms with Crippen molar-refractivity contribution < 1.29 is 9.59 Å². The van der Waals surface area contributed by atoms with E-state index in [-0.39, 0.29) is 11.8 Å². The van der Waals surface area contributed by atoms with Crippen LogP contribution >= 0.6 is 11.6 Å². The summed E-state index contributed by atoms with van der Waals surface area (Å²) in [5, 5.41) is 12.9. The molecule has 0 bridgehead atoms. The number of nitrogens with one attached hydrogen (secondary N) is 1. The number of hydrogen-bond acceptors (Lipinski definition) is 3. The van der Waals surface area contributed by atoms with E-state index in [0.29, 0.717) is 34.8 Å². The minimum Gasteiger partial charge on any atom is -0.322 e. The van der Waals surface area contributed by atoms with Crippen LogP contribution in [0.1, 0.15) is 40.2 Å². The third-order valence-electron chi connectivity index (χ3n) is 5.35. The molecule has 5 nitrogen and oxygen atoms in total. The van der Waals surface area contributed by atoms with Crippen LogP contribution in [0.5, 0.6) is 0 Å². The molecular weight excluding hydrogens is 410 g/mol. The Morgan fingerprint density at radius 3 is 2.42 bits per heavy atom. The number of carbonyl (C=O) groups is 2. The molecule has 1 saturated heterocycles. The molecular formula is C25H20ClN3O2. The predicted molar refractivity (Wildman–Crippen MR) is 121 cm³/mol. The Hall–Kier alpha value is -3.62. The number of benzene rings is 3. The van der Waals surface area contributed by atoms with Gasteiger partial charge in [-0.1, -0.05) is 48.0 Å². The molecule has 154 valence electrons. The maximum atomic E-state index is 12.6. The quantitative estimate of drug-likeness (QED) is 0.592. The lowest BCUT2D eigenvalue weighted by molar-refractivity contribution is -0.117. The van der Waals surface area contributed by atoms with Crippen LogP contribution in [0.25, 0.3) is 0 Å². The van der Waals surface area contributed by atoms with Gasteiger partial charge in [0.2, 0.25) is 5.91 Å².